The van der Waals surface area contributed by atoms with E-state index in [0.29, 0.717) is 5.69 Å². The van der Waals surface area contributed by atoms with Crippen LogP contribution in [0.2, 0.25) is 0 Å². The zero-order valence-corrected chi connectivity index (χ0v) is 24.1. The number of phenols is 1. The van der Waals surface area contributed by atoms with E-state index in [9.17, 15) is 29.6 Å². The molecule has 0 saturated heterocycles. The highest BCUT2D eigenvalue weighted by Gasteiger charge is 2.20. The SMILES string of the molecule is CC(C)OC(=O)c1ccc(NC(=O)c2ccc(NC(=O)c3ccc([N+](=O)[O-])cc3O)c(OC(C)C)c2)c(OC(C)C)c1. The second-order valence-electron chi connectivity index (χ2n) is 10.1. The molecule has 0 heterocycles. The maximum Gasteiger partial charge on any atom is 0.338 e. The number of hydrogen-bond donors (Lipinski definition) is 3. The Hall–Kier alpha value is -5.13. The predicted octanol–water partition coefficient (Wildman–Crippen LogP) is 5.94. The molecule has 0 aliphatic rings. The van der Waals surface area contributed by atoms with E-state index in [1.165, 1.54) is 30.3 Å². The number of esters is 1. The molecule has 3 rings (SSSR count). The smallest absolute Gasteiger partial charge is 0.338 e. The number of aromatic hydroxyl groups is 1. The average Bonchev–Trinajstić information content (AvgIpc) is 2.89. The number of amides is 2. The summed E-state index contributed by atoms with van der Waals surface area (Å²) in [5.74, 6) is -1.88. The number of nitro groups is 1. The molecule has 2 amide bonds. The van der Waals surface area contributed by atoms with Crippen molar-refractivity contribution in [1.82, 2.24) is 0 Å². The average molecular weight is 580 g/mol. The van der Waals surface area contributed by atoms with Gasteiger partial charge in [-0.3, -0.25) is 19.7 Å². The fourth-order valence-corrected chi connectivity index (χ4v) is 3.71. The minimum absolute atomic E-state index is 0.179. The number of benzene rings is 3. The molecule has 0 fully saturated rings. The van der Waals surface area contributed by atoms with Crippen molar-refractivity contribution in [1.29, 1.82) is 0 Å². The topological polar surface area (TPSA) is 166 Å². The van der Waals surface area contributed by atoms with Crippen LogP contribution in [-0.2, 0) is 4.74 Å². The van der Waals surface area contributed by atoms with Crippen LogP contribution < -0.4 is 20.1 Å². The third kappa shape index (κ3) is 8.19. The van der Waals surface area contributed by atoms with Crippen LogP contribution in [0.25, 0.3) is 0 Å². The fourth-order valence-electron chi connectivity index (χ4n) is 3.71. The lowest BCUT2D eigenvalue weighted by Gasteiger charge is -2.18. The Bertz CT molecular complexity index is 1500. The molecule has 0 aromatic heterocycles. The van der Waals surface area contributed by atoms with Gasteiger partial charge in [0.2, 0.25) is 0 Å². The van der Waals surface area contributed by atoms with Crippen LogP contribution in [0.3, 0.4) is 0 Å². The first-order valence-electron chi connectivity index (χ1n) is 13.2. The molecule has 0 atom stereocenters. The Morgan fingerprint density at radius 3 is 1.76 bits per heavy atom. The Kier molecular flexibility index (Phi) is 10.1. The summed E-state index contributed by atoms with van der Waals surface area (Å²) in [6.07, 6.45) is -0.877. The van der Waals surface area contributed by atoms with E-state index in [1.807, 2.05) is 13.8 Å². The number of hydrogen-bond acceptors (Lipinski definition) is 9. The first kappa shape index (κ1) is 31.4. The highest BCUT2D eigenvalue weighted by atomic mass is 16.6. The molecule has 3 N–H and O–H groups in total. The molecule has 12 heteroatoms. The molecule has 12 nitrogen and oxygen atoms in total. The van der Waals surface area contributed by atoms with Crippen molar-refractivity contribution in [2.45, 2.75) is 59.9 Å². The lowest BCUT2D eigenvalue weighted by atomic mass is 10.1. The maximum absolute atomic E-state index is 13.3. The van der Waals surface area contributed by atoms with Gasteiger partial charge in [-0.15, -0.1) is 0 Å². The number of rotatable bonds is 11. The Balaban J connectivity index is 1.88. The minimum Gasteiger partial charge on any atom is -0.507 e. The summed E-state index contributed by atoms with van der Waals surface area (Å²) in [7, 11) is 0. The van der Waals surface area contributed by atoms with Gasteiger partial charge in [-0.2, -0.15) is 0 Å². The van der Waals surface area contributed by atoms with Crippen LogP contribution in [0.5, 0.6) is 17.2 Å². The molecule has 0 radical (unpaired) electrons. The number of non-ortho nitro benzene ring substituents is 1. The first-order valence-corrected chi connectivity index (χ1v) is 13.2. The van der Waals surface area contributed by atoms with E-state index in [0.717, 1.165) is 18.2 Å². The Morgan fingerprint density at radius 1 is 0.738 bits per heavy atom. The van der Waals surface area contributed by atoms with Gasteiger partial charge in [0.1, 0.15) is 17.2 Å². The monoisotopic (exact) mass is 579 g/mol. The van der Waals surface area contributed by atoms with Crippen molar-refractivity contribution in [3.63, 3.8) is 0 Å². The Morgan fingerprint density at radius 2 is 1.26 bits per heavy atom. The summed E-state index contributed by atoms with van der Waals surface area (Å²) >= 11 is 0. The largest absolute Gasteiger partial charge is 0.507 e. The van der Waals surface area contributed by atoms with Crippen molar-refractivity contribution >= 4 is 34.8 Å². The summed E-state index contributed by atoms with van der Waals surface area (Å²) in [5, 5.41) is 26.5. The van der Waals surface area contributed by atoms with Crippen LogP contribution in [0.15, 0.2) is 54.6 Å². The van der Waals surface area contributed by atoms with Gasteiger partial charge in [-0.1, -0.05) is 0 Å². The summed E-state index contributed by atoms with van der Waals surface area (Å²) in [4.78, 5) is 48.7. The quantitative estimate of drug-likeness (QED) is 0.141. The second-order valence-corrected chi connectivity index (χ2v) is 10.1. The van der Waals surface area contributed by atoms with Gasteiger partial charge in [0.25, 0.3) is 17.5 Å². The predicted molar refractivity (Wildman–Crippen MR) is 156 cm³/mol. The lowest BCUT2D eigenvalue weighted by molar-refractivity contribution is -0.384. The van der Waals surface area contributed by atoms with Gasteiger partial charge in [0, 0.05) is 11.6 Å². The Labute approximate surface area is 242 Å². The van der Waals surface area contributed by atoms with Crippen LogP contribution in [0, 0.1) is 10.1 Å². The van der Waals surface area contributed by atoms with E-state index in [1.54, 1.807) is 33.8 Å². The van der Waals surface area contributed by atoms with Crippen LogP contribution in [0.4, 0.5) is 17.1 Å². The molecule has 0 saturated carbocycles. The highest BCUT2D eigenvalue weighted by molar-refractivity contribution is 6.09. The van der Waals surface area contributed by atoms with Gasteiger partial charge in [-0.05, 0) is 84.0 Å². The number of carbonyl (C=O) groups excluding carboxylic acids is 3. The molecule has 0 aliphatic heterocycles. The number of nitro benzene ring substituents is 1. The third-order valence-electron chi connectivity index (χ3n) is 5.46. The molecular formula is C30H33N3O9. The van der Waals surface area contributed by atoms with E-state index >= 15 is 0 Å². The molecule has 0 spiro atoms. The van der Waals surface area contributed by atoms with E-state index < -0.39 is 28.5 Å². The van der Waals surface area contributed by atoms with Gasteiger partial charge < -0.3 is 30.0 Å². The summed E-state index contributed by atoms with van der Waals surface area (Å²) in [6.45, 7) is 10.6. The number of carbonyl (C=O) groups is 3. The molecule has 42 heavy (non-hydrogen) atoms. The highest BCUT2D eigenvalue weighted by Crippen LogP contribution is 2.32. The van der Waals surface area contributed by atoms with Crippen molar-refractivity contribution in [3.05, 3.63) is 81.4 Å². The van der Waals surface area contributed by atoms with Crippen molar-refractivity contribution in [2.24, 2.45) is 0 Å². The molecular weight excluding hydrogens is 546 g/mol. The van der Waals surface area contributed by atoms with Crippen LogP contribution in [-0.4, -0.2) is 46.1 Å². The zero-order chi connectivity index (χ0) is 31.1. The summed E-state index contributed by atoms with van der Waals surface area (Å²) in [6, 6.07) is 12.1. The van der Waals surface area contributed by atoms with Crippen molar-refractivity contribution in [3.8, 4) is 17.2 Å². The van der Waals surface area contributed by atoms with E-state index in [4.69, 9.17) is 14.2 Å². The number of anilines is 2. The van der Waals surface area contributed by atoms with E-state index in [-0.39, 0.29) is 57.9 Å². The zero-order valence-electron chi connectivity index (χ0n) is 24.1. The van der Waals surface area contributed by atoms with Gasteiger partial charge >= 0.3 is 5.97 Å². The van der Waals surface area contributed by atoms with Crippen LogP contribution >= 0.6 is 0 Å². The number of nitrogens with one attached hydrogen (secondary N) is 2. The number of ether oxygens (including phenoxy) is 3. The van der Waals surface area contributed by atoms with Gasteiger partial charge in [-0.25, -0.2) is 4.79 Å². The van der Waals surface area contributed by atoms with Crippen molar-refractivity contribution < 1.29 is 38.6 Å². The normalized spacial score (nSPS) is 10.9. The summed E-state index contributed by atoms with van der Waals surface area (Å²) < 4.78 is 16.9. The van der Waals surface area contributed by atoms with Gasteiger partial charge in [0.15, 0.2) is 0 Å². The molecule has 0 aliphatic carbocycles. The fraction of sp³-hybridized carbons (Fsp3) is 0.300. The molecule has 0 bridgehead atoms. The van der Waals surface area contributed by atoms with E-state index in [2.05, 4.69) is 10.6 Å². The first-order chi connectivity index (χ1) is 19.7. The molecule has 3 aromatic carbocycles. The molecule has 0 unspecified atom stereocenters. The standard InChI is InChI=1S/C30H33N3O9/c1-16(2)40-26-13-19(7-11-24(26)32-29(36)22-10-9-21(33(38)39)15-25(22)34)28(35)31-23-12-8-20(30(37)42-18(5)6)14-27(23)41-17(3)4/h7-18,34H,1-6H3,(H,31,35)(H,32,36). The second kappa shape index (κ2) is 13.5. The molecule has 3 aromatic rings. The molecule has 222 valence electrons. The number of nitrogens with zero attached hydrogens (tertiary/aromatic N) is 1. The minimum atomic E-state index is -0.736. The maximum atomic E-state index is 13.3. The third-order valence-corrected chi connectivity index (χ3v) is 5.46. The summed E-state index contributed by atoms with van der Waals surface area (Å²) in [5.41, 5.74) is 0.448. The lowest BCUT2D eigenvalue weighted by Crippen LogP contribution is -2.18. The van der Waals surface area contributed by atoms with Crippen LogP contribution in [0.1, 0.15) is 72.6 Å². The van der Waals surface area contributed by atoms with Gasteiger partial charge in [0.05, 0.1) is 51.8 Å². The van der Waals surface area contributed by atoms with Crippen molar-refractivity contribution in [2.75, 3.05) is 10.6 Å². The number of phenolic OH excluding ortho intramolecular Hbond substituents is 1.